The van der Waals surface area contributed by atoms with Gasteiger partial charge in [0, 0.05) is 13.6 Å². The number of aliphatic hydroxyl groups is 1. The predicted octanol–water partition coefficient (Wildman–Crippen LogP) is 2.10. The summed E-state index contributed by atoms with van der Waals surface area (Å²) < 4.78 is 0. The molecule has 1 aromatic carbocycles. The van der Waals surface area contributed by atoms with E-state index in [0.29, 0.717) is 11.7 Å². The third kappa shape index (κ3) is 3.82. The van der Waals surface area contributed by atoms with Crippen molar-refractivity contribution in [2.45, 2.75) is 19.1 Å². The van der Waals surface area contributed by atoms with Gasteiger partial charge in [0.25, 0.3) is 0 Å². The van der Waals surface area contributed by atoms with Gasteiger partial charge in [0.2, 0.25) is 0 Å². The second-order valence-electron chi connectivity index (χ2n) is 4.18. The van der Waals surface area contributed by atoms with Crippen LogP contribution in [0.3, 0.4) is 0 Å². The van der Waals surface area contributed by atoms with Gasteiger partial charge >= 0.3 is 0 Å². The molecular weight excluding hydrogens is 244 g/mol. The van der Waals surface area contributed by atoms with E-state index in [1.165, 1.54) is 0 Å². The number of aliphatic hydroxyl groups excluding tert-OH is 1. The van der Waals surface area contributed by atoms with Gasteiger partial charge < -0.3 is 15.3 Å². The zero-order valence-electron chi connectivity index (χ0n) is 10.8. The maximum atomic E-state index is 10.3. The van der Waals surface area contributed by atoms with Crippen molar-refractivity contribution in [2.24, 2.45) is 0 Å². The number of thiocarbonyl (C=S) groups is 1. The third-order valence-corrected chi connectivity index (χ3v) is 3.36. The highest BCUT2D eigenvalue weighted by atomic mass is 32.1. The summed E-state index contributed by atoms with van der Waals surface area (Å²) in [5.74, 6) is 0. The molecule has 3 nitrogen and oxygen atoms in total. The van der Waals surface area contributed by atoms with E-state index in [4.69, 9.17) is 12.2 Å². The molecule has 0 bridgehead atoms. The average Bonchev–Trinajstić information content (AvgIpc) is 2.43. The lowest BCUT2D eigenvalue weighted by Crippen LogP contribution is -2.44. The summed E-state index contributed by atoms with van der Waals surface area (Å²) in [5, 5.41) is 13.9. The Morgan fingerprint density at radius 2 is 2.11 bits per heavy atom. The number of rotatable bonds is 5. The molecule has 0 spiro atoms. The Labute approximate surface area is 114 Å². The highest BCUT2D eigenvalue weighted by Gasteiger charge is 2.21. The van der Waals surface area contributed by atoms with E-state index in [1.54, 1.807) is 6.08 Å². The average molecular weight is 264 g/mol. The van der Waals surface area contributed by atoms with Gasteiger partial charge in [-0.25, -0.2) is 0 Å². The molecule has 0 aliphatic heterocycles. The molecule has 1 aromatic rings. The van der Waals surface area contributed by atoms with Gasteiger partial charge in [-0.15, -0.1) is 6.58 Å². The summed E-state index contributed by atoms with van der Waals surface area (Å²) in [5.41, 5.74) is 0.892. The molecule has 0 saturated heterocycles. The topological polar surface area (TPSA) is 35.5 Å². The molecule has 4 heteroatoms. The summed E-state index contributed by atoms with van der Waals surface area (Å²) in [4.78, 5) is 1.86. The van der Waals surface area contributed by atoms with Crippen molar-refractivity contribution in [3.8, 4) is 0 Å². The van der Waals surface area contributed by atoms with Crippen LogP contribution in [0.25, 0.3) is 0 Å². The zero-order chi connectivity index (χ0) is 13.5. The van der Waals surface area contributed by atoms with E-state index in [0.717, 1.165) is 5.56 Å². The van der Waals surface area contributed by atoms with Gasteiger partial charge in [0.1, 0.15) is 0 Å². The van der Waals surface area contributed by atoms with Crippen molar-refractivity contribution in [1.29, 1.82) is 0 Å². The quantitative estimate of drug-likeness (QED) is 0.631. The highest BCUT2D eigenvalue weighted by Crippen LogP contribution is 2.19. The molecule has 0 saturated carbocycles. The maximum absolute atomic E-state index is 10.3. The normalized spacial score (nSPS) is 13.5. The van der Waals surface area contributed by atoms with E-state index in [2.05, 4.69) is 11.9 Å². The van der Waals surface area contributed by atoms with Gasteiger partial charge in [-0.2, -0.15) is 0 Å². The van der Waals surface area contributed by atoms with Gasteiger partial charge in [0.05, 0.1) is 12.1 Å². The second kappa shape index (κ2) is 7.13. The molecule has 0 aromatic heterocycles. The lowest BCUT2D eigenvalue weighted by Gasteiger charge is -2.31. The lowest BCUT2D eigenvalue weighted by atomic mass is 10.0. The Morgan fingerprint density at radius 3 is 2.67 bits per heavy atom. The fourth-order valence-electron chi connectivity index (χ4n) is 1.61. The third-order valence-electron chi connectivity index (χ3n) is 2.93. The molecule has 0 unspecified atom stereocenters. The molecule has 98 valence electrons. The number of hydrogen-bond acceptors (Lipinski definition) is 2. The molecule has 0 radical (unpaired) electrons. The van der Waals surface area contributed by atoms with Crippen LogP contribution in [0.4, 0.5) is 0 Å². The Balaban J connectivity index is 2.65. The number of likely N-dealkylation sites (N-methyl/N-ethyl adjacent to an activating group) is 1. The van der Waals surface area contributed by atoms with Crippen molar-refractivity contribution in [1.82, 2.24) is 10.2 Å². The Hall–Kier alpha value is -1.39. The first kappa shape index (κ1) is 14.7. The number of nitrogens with zero attached hydrogens (tertiary/aromatic N) is 1. The first-order valence-electron chi connectivity index (χ1n) is 5.92. The van der Waals surface area contributed by atoms with Crippen LogP contribution in [0, 0.1) is 0 Å². The van der Waals surface area contributed by atoms with Crippen LogP contribution >= 0.6 is 12.2 Å². The van der Waals surface area contributed by atoms with Gasteiger partial charge in [0.15, 0.2) is 5.11 Å². The molecule has 0 heterocycles. The van der Waals surface area contributed by atoms with E-state index >= 15 is 0 Å². The first-order valence-corrected chi connectivity index (χ1v) is 6.33. The van der Waals surface area contributed by atoms with E-state index in [1.807, 2.05) is 49.2 Å². The minimum Gasteiger partial charge on any atom is -0.386 e. The molecule has 2 atom stereocenters. The summed E-state index contributed by atoms with van der Waals surface area (Å²) in [6.07, 6.45) is 1.18. The fraction of sp³-hybridized carbons (Fsp3) is 0.357. The first-order chi connectivity index (χ1) is 8.57. The number of hydrogen-bond donors (Lipinski definition) is 2. The Bertz CT molecular complexity index is 394. The van der Waals surface area contributed by atoms with Crippen LogP contribution in [0.1, 0.15) is 18.6 Å². The monoisotopic (exact) mass is 264 g/mol. The Morgan fingerprint density at radius 1 is 1.50 bits per heavy atom. The van der Waals surface area contributed by atoms with Crippen LogP contribution in [0.15, 0.2) is 43.0 Å². The Kier molecular flexibility index (Phi) is 5.82. The lowest BCUT2D eigenvalue weighted by molar-refractivity contribution is 0.103. The van der Waals surface area contributed by atoms with E-state index < -0.39 is 6.10 Å². The molecule has 0 fully saturated rings. The summed E-state index contributed by atoms with van der Waals surface area (Å²) >= 11 is 5.24. The van der Waals surface area contributed by atoms with Crippen LogP contribution < -0.4 is 5.32 Å². The van der Waals surface area contributed by atoms with Gasteiger partial charge in [-0.3, -0.25) is 0 Å². The molecule has 1 rings (SSSR count). The van der Waals surface area contributed by atoms with Crippen LogP contribution in [0.5, 0.6) is 0 Å². The second-order valence-corrected chi connectivity index (χ2v) is 4.57. The van der Waals surface area contributed by atoms with Crippen molar-refractivity contribution >= 4 is 17.3 Å². The SMILES string of the molecule is C=CCNC(=S)N(C)[C@@H](C)[C@H](O)c1ccccc1. The van der Waals surface area contributed by atoms with Gasteiger partial charge in [-0.05, 0) is 24.7 Å². The van der Waals surface area contributed by atoms with Crippen LogP contribution in [-0.4, -0.2) is 34.8 Å². The van der Waals surface area contributed by atoms with Crippen molar-refractivity contribution in [2.75, 3.05) is 13.6 Å². The maximum Gasteiger partial charge on any atom is 0.169 e. The molecule has 0 aliphatic rings. The molecule has 18 heavy (non-hydrogen) atoms. The van der Waals surface area contributed by atoms with Crippen molar-refractivity contribution < 1.29 is 5.11 Å². The highest BCUT2D eigenvalue weighted by molar-refractivity contribution is 7.80. The van der Waals surface area contributed by atoms with Gasteiger partial charge in [-0.1, -0.05) is 36.4 Å². The molecular formula is C14H20N2OS. The smallest absolute Gasteiger partial charge is 0.169 e. The zero-order valence-corrected chi connectivity index (χ0v) is 11.7. The minimum atomic E-state index is -0.570. The van der Waals surface area contributed by atoms with E-state index in [-0.39, 0.29) is 6.04 Å². The molecule has 0 amide bonds. The van der Waals surface area contributed by atoms with Crippen LogP contribution in [0.2, 0.25) is 0 Å². The molecule has 0 aliphatic carbocycles. The summed E-state index contributed by atoms with van der Waals surface area (Å²) in [6.45, 7) is 6.20. The number of nitrogens with one attached hydrogen (secondary N) is 1. The summed E-state index contributed by atoms with van der Waals surface area (Å²) in [7, 11) is 1.87. The van der Waals surface area contributed by atoms with Crippen molar-refractivity contribution in [3.05, 3.63) is 48.6 Å². The van der Waals surface area contributed by atoms with Crippen molar-refractivity contribution in [3.63, 3.8) is 0 Å². The largest absolute Gasteiger partial charge is 0.386 e. The minimum absolute atomic E-state index is 0.0998. The van der Waals surface area contributed by atoms with Crippen LogP contribution in [-0.2, 0) is 0 Å². The molecule has 2 N–H and O–H groups in total. The standard InChI is InChI=1S/C14H20N2OS/c1-4-10-15-14(18)16(3)11(2)13(17)12-8-6-5-7-9-12/h4-9,11,13,17H,1,10H2,2-3H3,(H,15,18)/t11-,13-/m0/s1. The number of benzene rings is 1. The summed E-state index contributed by atoms with van der Waals surface area (Å²) in [6, 6.07) is 9.49. The predicted molar refractivity (Wildman–Crippen MR) is 79.4 cm³/mol. The fourth-order valence-corrected chi connectivity index (χ4v) is 1.86. The van der Waals surface area contributed by atoms with E-state index in [9.17, 15) is 5.11 Å².